The SMILES string of the molecule is OCC1(NCC2CC2)CCCCCC1. The first-order chi connectivity index (χ1) is 6.85. The van der Waals surface area contributed by atoms with Gasteiger partial charge in [0.25, 0.3) is 0 Å². The fraction of sp³-hybridized carbons (Fsp3) is 1.00. The van der Waals surface area contributed by atoms with Crippen molar-refractivity contribution in [3.05, 3.63) is 0 Å². The van der Waals surface area contributed by atoms with Gasteiger partial charge in [0.15, 0.2) is 0 Å². The summed E-state index contributed by atoms with van der Waals surface area (Å²) in [5, 5.41) is 13.2. The number of hydrogen-bond donors (Lipinski definition) is 2. The van der Waals surface area contributed by atoms with E-state index < -0.39 is 0 Å². The second-order valence-corrected chi connectivity index (χ2v) is 5.18. The van der Waals surface area contributed by atoms with E-state index in [9.17, 15) is 5.11 Å². The lowest BCUT2D eigenvalue weighted by molar-refractivity contribution is 0.142. The molecule has 0 spiro atoms. The molecule has 0 bridgehead atoms. The van der Waals surface area contributed by atoms with Crippen molar-refractivity contribution in [1.82, 2.24) is 5.32 Å². The summed E-state index contributed by atoms with van der Waals surface area (Å²) in [7, 11) is 0. The predicted octanol–water partition coefficient (Wildman–Crippen LogP) is 2.07. The molecule has 0 atom stereocenters. The molecule has 2 saturated carbocycles. The molecule has 0 amide bonds. The van der Waals surface area contributed by atoms with E-state index in [1.807, 2.05) is 0 Å². The van der Waals surface area contributed by atoms with Crippen LogP contribution in [0, 0.1) is 5.92 Å². The Bertz CT molecular complexity index is 169. The summed E-state index contributed by atoms with van der Waals surface area (Å²) in [6.07, 6.45) is 10.4. The normalized spacial score (nSPS) is 27.2. The molecule has 2 aliphatic rings. The Labute approximate surface area is 87.1 Å². The molecule has 0 unspecified atom stereocenters. The summed E-state index contributed by atoms with van der Waals surface area (Å²) < 4.78 is 0. The van der Waals surface area contributed by atoms with Crippen LogP contribution in [0.5, 0.6) is 0 Å². The van der Waals surface area contributed by atoms with Crippen molar-refractivity contribution in [2.75, 3.05) is 13.2 Å². The van der Waals surface area contributed by atoms with E-state index >= 15 is 0 Å². The zero-order valence-electron chi connectivity index (χ0n) is 9.10. The molecule has 2 rings (SSSR count). The van der Waals surface area contributed by atoms with Crippen LogP contribution in [0.4, 0.5) is 0 Å². The molecule has 2 heteroatoms. The minimum absolute atomic E-state index is 0.0824. The van der Waals surface area contributed by atoms with Gasteiger partial charge in [-0.25, -0.2) is 0 Å². The van der Waals surface area contributed by atoms with E-state index in [2.05, 4.69) is 5.32 Å². The number of aliphatic hydroxyl groups is 1. The van der Waals surface area contributed by atoms with Crippen molar-refractivity contribution in [1.29, 1.82) is 0 Å². The molecule has 82 valence electrons. The first-order valence-electron chi connectivity index (χ1n) is 6.21. The molecule has 0 aliphatic heterocycles. The lowest BCUT2D eigenvalue weighted by Gasteiger charge is -2.32. The quantitative estimate of drug-likeness (QED) is 0.676. The molecule has 14 heavy (non-hydrogen) atoms. The van der Waals surface area contributed by atoms with Crippen LogP contribution < -0.4 is 5.32 Å². The van der Waals surface area contributed by atoms with E-state index in [4.69, 9.17) is 0 Å². The van der Waals surface area contributed by atoms with Gasteiger partial charge >= 0.3 is 0 Å². The molecule has 0 saturated heterocycles. The number of nitrogens with one attached hydrogen (secondary N) is 1. The van der Waals surface area contributed by atoms with Gasteiger partial charge in [-0.15, -0.1) is 0 Å². The maximum Gasteiger partial charge on any atom is 0.0613 e. The Hall–Kier alpha value is -0.0800. The Kier molecular flexibility index (Phi) is 3.45. The van der Waals surface area contributed by atoms with Gasteiger partial charge in [0.05, 0.1) is 6.61 Å². The molecule has 2 N–H and O–H groups in total. The van der Waals surface area contributed by atoms with Gasteiger partial charge in [-0.05, 0) is 38.1 Å². The third-order valence-electron chi connectivity index (χ3n) is 3.83. The molecule has 0 heterocycles. The Balaban J connectivity index is 1.84. The summed E-state index contributed by atoms with van der Waals surface area (Å²) >= 11 is 0. The highest BCUT2D eigenvalue weighted by molar-refractivity contribution is 4.91. The summed E-state index contributed by atoms with van der Waals surface area (Å²) in [6.45, 7) is 1.47. The van der Waals surface area contributed by atoms with E-state index in [0.717, 1.165) is 12.5 Å². The van der Waals surface area contributed by atoms with Gasteiger partial charge in [0, 0.05) is 5.54 Å². The number of hydrogen-bond acceptors (Lipinski definition) is 2. The van der Waals surface area contributed by atoms with Gasteiger partial charge < -0.3 is 10.4 Å². The smallest absolute Gasteiger partial charge is 0.0613 e. The van der Waals surface area contributed by atoms with Crippen LogP contribution in [0.1, 0.15) is 51.4 Å². The Morgan fingerprint density at radius 3 is 2.21 bits per heavy atom. The second kappa shape index (κ2) is 4.63. The van der Waals surface area contributed by atoms with Crippen LogP contribution in [0.2, 0.25) is 0 Å². The van der Waals surface area contributed by atoms with Crippen LogP contribution >= 0.6 is 0 Å². The van der Waals surface area contributed by atoms with Crippen molar-refractivity contribution in [2.24, 2.45) is 5.92 Å². The lowest BCUT2D eigenvalue weighted by Crippen LogP contribution is -2.48. The lowest BCUT2D eigenvalue weighted by atomic mass is 9.91. The zero-order chi connectivity index (χ0) is 9.86. The minimum atomic E-state index is 0.0824. The average molecular weight is 197 g/mol. The van der Waals surface area contributed by atoms with Gasteiger partial charge in [0.2, 0.25) is 0 Å². The van der Waals surface area contributed by atoms with Crippen molar-refractivity contribution in [3.8, 4) is 0 Å². The fourth-order valence-corrected chi connectivity index (χ4v) is 2.48. The van der Waals surface area contributed by atoms with Crippen LogP contribution in [0.25, 0.3) is 0 Å². The molecule has 2 nitrogen and oxygen atoms in total. The molecule has 2 fully saturated rings. The van der Waals surface area contributed by atoms with Gasteiger partial charge in [0.1, 0.15) is 0 Å². The number of rotatable bonds is 4. The predicted molar refractivity (Wildman–Crippen MR) is 58.2 cm³/mol. The van der Waals surface area contributed by atoms with Crippen LogP contribution in [0.3, 0.4) is 0 Å². The van der Waals surface area contributed by atoms with Crippen molar-refractivity contribution in [3.63, 3.8) is 0 Å². The average Bonchev–Trinajstić information content (AvgIpc) is 3.03. The maximum atomic E-state index is 9.54. The molecule has 2 aliphatic carbocycles. The van der Waals surface area contributed by atoms with E-state index in [0.29, 0.717) is 6.61 Å². The van der Waals surface area contributed by atoms with Crippen LogP contribution in [0.15, 0.2) is 0 Å². The standard InChI is InChI=1S/C12H23NO/c14-10-12(13-9-11-5-6-11)7-3-1-2-4-8-12/h11,13-14H,1-10H2. The van der Waals surface area contributed by atoms with Crippen molar-refractivity contribution < 1.29 is 5.11 Å². The topological polar surface area (TPSA) is 32.3 Å². The molecular weight excluding hydrogens is 174 g/mol. The summed E-state index contributed by atoms with van der Waals surface area (Å²) in [4.78, 5) is 0. The largest absolute Gasteiger partial charge is 0.394 e. The van der Waals surface area contributed by atoms with E-state index in [1.165, 1.54) is 51.4 Å². The van der Waals surface area contributed by atoms with Crippen LogP contribution in [-0.2, 0) is 0 Å². The maximum absolute atomic E-state index is 9.54. The fourth-order valence-electron chi connectivity index (χ4n) is 2.48. The molecule has 0 aromatic rings. The molecule has 0 aromatic carbocycles. The second-order valence-electron chi connectivity index (χ2n) is 5.18. The van der Waals surface area contributed by atoms with E-state index in [-0.39, 0.29) is 5.54 Å². The van der Waals surface area contributed by atoms with E-state index in [1.54, 1.807) is 0 Å². The zero-order valence-corrected chi connectivity index (χ0v) is 9.10. The molecule has 0 radical (unpaired) electrons. The van der Waals surface area contributed by atoms with Crippen molar-refractivity contribution in [2.45, 2.75) is 56.9 Å². The van der Waals surface area contributed by atoms with Gasteiger partial charge in [-0.3, -0.25) is 0 Å². The monoisotopic (exact) mass is 197 g/mol. The Morgan fingerprint density at radius 1 is 1.07 bits per heavy atom. The summed E-state index contributed by atoms with van der Waals surface area (Å²) in [6, 6.07) is 0. The first-order valence-corrected chi connectivity index (χ1v) is 6.21. The summed E-state index contributed by atoms with van der Waals surface area (Å²) in [5.41, 5.74) is 0.0824. The van der Waals surface area contributed by atoms with Crippen LogP contribution in [-0.4, -0.2) is 23.8 Å². The van der Waals surface area contributed by atoms with Crippen molar-refractivity contribution >= 4 is 0 Å². The highest BCUT2D eigenvalue weighted by Crippen LogP contribution is 2.31. The van der Waals surface area contributed by atoms with Gasteiger partial charge in [-0.1, -0.05) is 25.7 Å². The third kappa shape index (κ3) is 2.71. The Morgan fingerprint density at radius 2 is 1.71 bits per heavy atom. The number of aliphatic hydroxyl groups excluding tert-OH is 1. The first kappa shape index (κ1) is 10.4. The third-order valence-corrected chi connectivity index (χ3v) is 3.83. The molecular formula is C12H23NO. The van der Waals surface area contributed by atoms with Gasteiger partial charge in [-0.2, -0.15) is 0 Å². The highest BCUT2D eigenvalue weighted by atomic mass is 16.3. The summed E-state index contributed by atoms with van der Waals surface area (Å²) in [5.74, 6) is 0.918. The molecule has 0 aromatic heterocycles. The minimum Gasteiger partial charge on any atom is -0.394 e. The highest BCUT2D eigenvalue weighted by Gasteiger charge is 2.32.